The van der Waals surface area contributed by atoms with Crippen molar-refractivity contribution in [3.05, 3.63) is 54.1 Å². The lowest BCUT2D eigenvalue weighted by Gasteiger charge is -2.16. The Balaban J connectivity index is 1.85. The van der Waals surface area contributed by atoms with E-state index in [4.69, 9.17) is 4.74 Å². The quantitative estimate of drug-likeness (QED) is 0.660. The van der Waals surface area contributed by atoms with Crippen LogP contribution in [-0.4, -0.2) is 33.4 Å². The number of nitrogens with zero attached hydrogens (tertiary/aromatic N) is 4. The average Bonchev–Trinajstić information content (AvgIpc) is 3.17. The van der Waals surface area contributed by atoms with E-state index >= 15 is 0 Å². The summed E-state index contributed by atoms with van der Waals surface area (Å²) in [6, 6.07) is 12.0. The Kier molecular flexibility index (Phi) is 5.64. The molecule has 0 saturated carbocycles. The summed E-state index contributed by atoms with van der Waals surface area (Å²) < 4.78 is 43.5. The number of ether oxygens (including phenoxy) is 1. The van der Waals surface area contributed by atoms with Gasteiger partial charge < -0.3 is 10.1 Å². The van der Waals surface area contributed by atoms with Gasteiger partial charge in [-0.1, -0.05) is 12.1 Å². The van der Waals surface area contributed by atoms with Gasteiger partial charge in [-0.05, 0) is 55.5 Å². The molecular weight excluding hydrogens is 371 g/mol. The molecule has 3 aromatic rings. The highest BCUT2D eigenvalue weighted by molar-refractivity contribution is 5.77. The van der Waals surface area contributed by atoms with E-state index in [9.17, 15) is 13.2 Å². The van der Waals surface area contributed by atoms with Crippen molar-refractivity contribution < 1.29 is 17.9 Å². The van der Waals surface area contributed by atoms with Crippen LogP contribution < -0.4 is 5.32 Å². The zero-order chi connectivity index (χ0) is 20.3. The molecule has 9 heteroatoms. The van der Waals surface area contributed by atoms with Gasteiger partial charge in [-0.25, -0.2) is 0 Å². The minimum Gasteiger partial charge on any atom is -0.379 e. The highest BCUT2D eigenvalue weighted by Gasteiger charge is 2.30. The summed E-state index contributed by atoms with van der Waals surface area (Å²) in [6.45, 7) is 3.83. The number of tetrazole rings is 1. The van der Waals surface area contributed by atoms with Crippen molar-refractivity contribution in [2.45, 2.75) is 32.2 Å². The molecule has 148 valence electrons. The smallest absolute Gasteiger partial charge is 0.379 e. The van der Waals surface area contributed by atoms with Crippen LogP contribution in [-0.2, 0) is 10.9 Å². The first-order chi connectivity index (χ1) is 13.3. The molecule has 0 fully saturated rings. The lowest BCUT2D eigenvalue weighted by molar-refractivity contribution is -0.137. The normalized spacial score (nSPS) is 13.9. The standard InChI is InChI=1S/C19H20F3N5O/c1-12(13(2)28-3)27-25-18(24-26-27)16-6-4-5-7-17(16)23-15-10-8-14(9-11-15)19(20,21)22/h4-13,23H,1-3H3/t12-,13+/m0/s1. The third-order valence-corrected chi connectivity index (χ3v) is 4.50. The first kappa shape index (κ1) is 19.8. The molecule has 1 aromatic heterocycles. The lowest BCUT2D eigenvalue weighted by atomic mass is 10.1. The van der Waals surface area contributed by atoms with Crippen LogP contribution in [0, 0.1) is 0 Å². The predicted molar refractivity (Wildman–Crippen MR) is 99.2 cm³/mol. The van der Waals surface area contributed by atoms with Gasteiger partial charge in [0.25, 0.3) is 0 Å². The largest absolute Gasteiger partial charge is 0.416 e. The molecule has 0 aliphatic heterocycles. The van der Waals surface area contributed by atoms with Crippen molar-refractivity contribution in [3.8, 4) is 11.4 Å². The van der Waals surface area contributed by atoms with Gasteiger partial charge in [0.2, 0.25) is 5.82 Å². The lowest BCUT2D eigenvalue weighted by Crippen LogP contribution is -2.22. The van der Waals surface area contributed by atoms with Crippen LogP contribution in [0.2, 0.25) is 0 Å². The third kappa shape index (κ3) is 4.30. The number of hydrogen-bond acceptors (Lipinski definition) is 5. The molecule has 0 unspecified atom stereocenters. The van der Waals surface area contributed by atoms with E-state index < -0.39 is 11.7 Å². The maximum absolute atomic E-state index is 12.7. The third-order valence-electron chi connectivity index (χ3n) is 4.50. The molecule has 2 aromatic carbocycles. The van der Waals surface area contributed by atoms with E-state index in [1.807, 2.05) is 32.0 Å². The first-order valence-corrected chi connectivity index (χ1v) is 8.65. The highest BCUT2D eigenvalue weighted by Crippen LogP contribution is 2.32. The van der Waals surface area contributed by atoms with Crippen LogP contribution in [0.3, 0.4) is 0 Å². The van der Waals surface area contributed by atoms with Crippen molar-refractivity contribution in [2.24, 2.45) is 0 Å². The number of halogens is 3. The van der Waals surface area contributed by atoms with Gasteiger partial charge in [-0.15, -0.1) is 10.2 Å². The molecule has 0 aliphatic carbocycles. The second-order valence-corrected chi connectivity index (χ2v) is 6.36. The molecule has 0 spiro atoms. The van der Waals surface area contributed by atoms with Crippen LogP contribution >= 0.6 is 0 Å². The van der Waals surface area contributed by atoms with Crippen molar-refractivity contribution in [1.82, 2.24) is 20.2 Å². The molecule has 1 heterocycles. The minimum absolute atomic E-state index is 0.0948. The van der Waals surface area contributed by atoms with Gasteiger partial charge in [-0.2, -0.15) is 18.0 Å². The maximum atomic E-state index is 12.7. The minimum atomic E-state index is -4.37. The van der Waals surface area contributed by atoms with Crippen LogP contribution in [0.5, 0.6) is 0 Å². The fourth-order valence-corrected chi connectivity index (χ4v) is 2.58. The molecule has 0 amide bonds. The van der Waals surface area contributed by atoms with Crippen molar-refractivity contribution in [2.75, 3.05) is 12.4 Å². The van der Waals surface area contributed by atoms with E-state index in [1.165, 1.54) is 16.9 Å². The molecular formula is C19H20F3N5O. The summed E-state index contributed by atoms with van der Waals surface area (Å²) in [7, 11) is 1.61. The number of rotatable bonds is 6. The Bertz CT molecular complexity index is 924. The molecule has 6 nitrogen and oxygen atoms in total. The number of methoxy groups -OCH3 is 1. The molecule has 2 atom stereocenters. The molecule has 3 rings (SSSR count). The summed E-state index contributed by atoms with van der Waals surface area (Å²) in [6.07, 6.45) is -4.46. The number of nitrogens with one attached hydrogen (secondary N) is 1. The average molecular weight is 391 g/mol. The Labute approximate surface area is 160 Å². The van der Waals surface area contributed by atoms with E-state index in [1.54, 1.807) is 13.2 Å². The number of aromatic nitrogens is 4. The van der Waals surface area contributed by atoms with E-state index in [0.717, 1.165) is 12.1 Å². The Morgan fingerprint density at radius 2 is 1.71 bits per heavy atom. The van der Waals surface area contributed by atoms with Crippen LogP contribution in [0.25, 0.3) is 11.4 Å². The monoisotopic (exact) mass is 391 g/mol. The van der Waals surface area contributed by atoms with Crippen molar-refractivity contribution >= 4 is 11.4 Å². The van der Waals surface area contributed by atoms with Gasteiger partial charge >= 0.3 is 6.18 Å². The molecule has 1 N–H and O–H groups in total. The molecule has 0 saturated heterocycles. The zero-order valence-electron chi connectivity index (χ0n) is 15.6. The van der Waals surface area contributed by atoms with E-state index in [-0.39, 0.29) is 12.1 Å². The summed E-state index contributed by atoms with van der Waals surface area (Å²) in [5, 5.41) is 15.7. The second kappa shape index (κ2) is 7.97. The number of para-hydroxylation sites is 1. The highest BCUT2D eigenvalue weighted by atomic mass is 19.4. The van der Waals surface area contributed by atoms with Crippen LogP contribution in [0.4, 0.5) is 24.5 Å². The van der Waals surface area contributed by atoms with Crippen molar-refractivity contribution in [3.63, 3.8) is 0 Å². The molecule has 28 heavy (non-hydrogen) atoms. The van der Waals surface area contributed by atoms with Gasteiger partial charge in [0.15, 0.2) is 0 Å². The van der Waals surface area contributed by atoms with E-state index in [0.29, 0.717) is 22.8 Å². The fraction of sp³-hybridized carbons (Fsp3) is 0.316. The number of hydrogen-bond donors (Lipinski definition) is 1. The SMILES string of the molecule is CO[C@H](C)[C@H](C)n1nnc(-c2ccccc2Nc2ccc(C(F)(F)F)cc2)n1. The van der Waals surface area contributed by atoms with Crippen molar-refractivity contribution in [1.29, 1.82) is 0 Å². The molecule has 0 radical (unpaired) electrons. The number of benzene rings is 2. The van der Waals surface area contributed by atoms with Crippen LogP contribution in [0.1, 0.15) is 25.5 Å². The number of alkyl halides is 3. The zero-order valence-corrected chi connectivity index (χ0v) is 15.6. The molecule has 0 bridgehead atoms. The van der Waals surface area contributed by atoms with E-state index in [2.05, 4.69) is 20.7 Å². The Morgan fingerprint density at radius 1 is 1.04 bits per heavy atom. The topological polar surface area (TPSA) is 64.9 Å². The summed E-state index contributed by atoms with van der Waals surface area (Å²) in [5.41, 5.74) is 1.17. The van der Waals surface area contributed by atoms with Crippen LogP contribution in [0.15, 0.2) is 48.5 Å². The summed E-state index contributed by atoms with van der Waals surface area (Å²) in [5.74, 6) is 0.408. The van der Waals surface area contributed by atoms with Gasteiger partial charge in [0, 0.05) is 24.0 Å². The summed E-state index contributed by atoms with van der Waals surface area (Å²) >= 11 is 0. The molecule has 0 aliphatic rings. The Morgan fingerprint density at radius 3 is 2.36 bits per heavy atom. The van der Waals surface area contributed by atoms with Gasteiger partial charge in [-0.3, -0.25) is 0 Å². The van der Waals surface area contributed by atoms with Gasteiger partial charge in [0.1, 0.15) is 0 Å². The maximum Gasteiger partial charge on any atom is 0.416 e. The first-order valence-electron chi connectivity index (χ1n) is 8.65. The number of anilines is 2. The van der Waals surface area contributed by atoms with Gasteiger partial charge in [0.05, 0.1) is 17.7 Å². The second-order valence-electron chi connectivity index (χ2n) is 6.36. The fourth-order valence-electron chi connectivity index (χ4n) is 2.58. The Hall–Kier alpha value is -2.94. The summed E-state index contributed by atoms with van der Waals surface area (Å²) in [4.78, 5) is 1.48. The predicted octanol–water partition coefficient (Wildman–Crippen LogP) is 4.70.